The fourth-order valence-corrected chi connectivity index (χ4v) is 9.75. The summed E-state index contributed by atoms with van der Waals surface area (Å²) in [5.74, 6) is 3.88. The van der Waals surface area contributed by atoms with Crippen molar-refractivity contribution in [2.75, 3.05) is 22.1 Å². The Bertz CT molecular complexity index is 3690. The summed E-state index contributed by atoms with van der Waals surface area (Å²) in [6.07, 6.45) is 6.56. The molecule has 74 heavy (non-hydrogen) atoms. The fourth-order valence-electron chi connectivity index (χ4n) is 7.96. The van der Waals surface area contributed by atoms with Gasteiger partial charge in [-0.15, -0.1) is 43.1 Å². The Kier molecular flexibility index (Phi) is 13.2. The van der Waals surface area contributed by atoms with E-state index in [-0.39, 0.29) is 11.9 Å². The Labute approximate surface area is 431 Å². The van der Waals surface area contributed by atoms with Crippen molar-refractivity contribution in [1.29, 1.82) is 0 Å². The van der Waals surface area contributed by atoms with Crippen molar-refractivity contribution in [3.05, 3.63) is 192 Å². The van der Waals surface area contributed by atoms with E-state index in [1.807, 2.05) is 97.1 Å². The summed E-state index contributed by atoms with van der Waals surface area (Å²) in [5.41, 5.74) is 20.2. The third-order valence-corrected chi connectivity index (χ3v) is 13.5. The highest BCUT2D eigenvalue weighted by molar-refractivity contribution is 7.14. The number of aromatic nitrogens is 10. The van der Waals surface area contributed by atoms with E-state index in [2.05, 4.69) is 122 Å². The number of hydrogen-bond donors (Lipinski definition) is 4. The van der Waals surface area contributed by atoms with Crippen LogP contribution in [-0.4, -0.2) is 50.3 Å². The first-order valence-electron chi connectivity index (χ1n) is 23.1. The minimum Gasteiger partial charge on any atom is -0.438 e. The van der Waals surface area contributed by atoms with E-state index in [9.17, 15) is 0 Å². The topological polar surface area (TPSA) is 223 Å². The molecule has 0 bridgehead atoms. The van der Waals surface area contributed by atoms with Crippen LogP contribution in [0.25, 0.3) is 65.2 Å². The number of fused-ring (bicyclic) bond motifs is 2. The van der Waals surface area contributed by atoms with Gasteiger partial charge in [0.2, 0.25) is 23.7 Å². The molecule has 0 unspecified atom stereocenters. The van der Waals surface area contributed by atoms with Gasteiger partial charge in [-0.2, -0.15) is 0 Å². The van der Waals surface area contributed by atoms with E-state index in [1.165, 1.54) is 11.1 Å². The number of ether oxygens (including phenoxy) is 2. The van der Waals surface area contributed by atoms with E-state index in [0.717, 1.165) is 65.2 Å². The molecule has 0 aliphatic rings. The van der Waals surface area contributed by atoms with Crippen molar-refractivity contribution in [2.24, 2.45) is 0 Å². The first-order valence-corrected chi connectivity index (χ1v) is 24.8. The molecule has 18 heteroatoms. The molecule has 0 amide bonds. The molecule has 4 aromatic carbocycles. The molecule has 12 rings (SSSR count). The fraction of sp³-hybridized carbons (Fsp3) is 0.0357. The average Bonchev–Trinajstić information content (AvgIpc) is 4.08. The number of nitrogens with one attached hydrogen (secondary N) is 2. The minimum absolute atomic E-state index is 0.192. The molecule has 16 nitrogen and oxygen atoms in total. The zero-order chi connectivity index (χ0) is 50.4. The molecule has 360 valence electrons. The van der Waals surface area contributed by atoms with Crippen LogP contribution < -0.4 is 31.6 Å². The van der Waals surface area contributed by atoms with Crippen LogP contribution in [0.4, 0.5) is 34.9 Å². The maximum absolute atomic E-state index is 6.08. The lowest BCUT2D eigenvalue weighted by Crippen LogP contribution is -1.99. The van der Waals surface area contributed by atoms with Crippen LogP contribution in [0.1, 0.15) is 11.1 Å². The number of rotatable bonds is 12. The summed E-state index contributed by atoms with van der Waals surface area (Å²) in [6, 6.07) is 46.7. The number of pyridine rings is 2. The smallest absolute Gasteiger partial charge is 0.228 e. The van der Waals surface area contributed by atoms with E-state index in [0.29, 0.717) is 46.3 Å². The second-order valence-electron chi connectivity index (χ2n) is 16.7. The summed E-state index contributed by atoms with van der Waals surface area (Å²) >= 11 is 3.35. The molecule has 8 aromatic heterocycles. The molecule has 0 aliphatic carbocycles. The molecular formula is C56H42N14O2S2. The number of benzene rings is 4. The van der Waals surface area contributed by atoms with Crippen molar-refractivity contribution < 1.29 is 9.47 Å². The van der Waals surface area contributed by atoms with Crippen molar-refractivity contribution >= 4 is 79.1 Å². The van der Waals surface area contributed by atoms with Gasteiger partial charge in [-0.3, -0.25) is 0 Å². The number of thiophene rings is 2. The lowest BCUT2D eigenvalue weighted by atomic mass is 10.1. The van der Waals surface area contributed by atoms with Gasteiger partial charge in [0.25, 0.3) is 0 Å². The van der Waals surface area contributed by atoms with E-state index in [1.54, 1.807) is 59.6 Å². The number of nitrogens with two attached hydrogens (primary N) is 2. The van der Waals surface area contributed by atoms with Gasteiger partial charge < -0.3 is 31.6 Å². The number of nitrogens with zero attached hydrogens (tertiary/aromatic N) is 10. The van der Waals surface area contributed by atoms with Crippen LogP contribution in [0.5, 0.6) is 23.3 Å². The molecule has 0 saturated heterocycles. The Balaban J connectivity index is 0.000000159. The minimum atomic E-state index is 0.192. The number of anilines is 6. The van der Waals surface area contributed by atoms with Crippen LogP contribution in [0.15, 0.2) is 181 Å². The van der Waals surface area contributed by atoms with Gasteiger partial charge in [0, 0.05) is 57.7 Å². The van der Waals surface area contributed by atoms with Crippen LogP contribution >= 0.6 is 22.7 Å². The molecular weight excluding hydrogens is 965 g/mol. The molecule has 6 N–H and O–H groups in total. The molecule has 0 radical (unpaired) electrons. The first-order chi connectivity index (χ1) is 36.3. The predicted molar refractivity (Wildman–Crippen MR) is 294 cm³/mol. The highest BCUT2D eigenvalue weighted by atomic mass is 32.1. The maximum Gasteiger partial charge on any atom is 0.228 e. The molecule has 12 aromatic rings. The highest BCUT2D eigenvalue weighted by Crippen LogP contribution is 2.38. The zero-order valence-electron chi connectivity index (χ0n) is 39.6. The van der Waals surface area contributed by atoms with E-state index < -0.39 is 0 Å². The summed E-state index contributed by atoms with van der Waals surface area (Å²) in [5, 5.41) is 33.3. The third-order valence-electron chi connectivity index (χ3n) is 11.4. The van der Waals surface area contributed by atoms with Crippen molar-refractivity contribution in [3.8, 4) is 66.9 Å². The monoisotopic (exact) mass is 1010 g/mol. The van der Waals surface area contributed by atoms with E-state index in [4.69, 9.17) is 20.9 Å². The molecule has 0 atom stereocenters. The normalized spacial score (nSPS) is 10.9. The van der Waals surface area contributed by atoms with E-state index >= 15 is 0 Å². The SMILES string of the molecule is Cc1csc(-c2nnc(Nc3ccc(Oc4ncccc4-c4ccnc(N)n4)cc3)c3ccccc23)c1.Cc1csc(-c2nnc(Nc3ccc(Oc4ncccc4-c4ccnc(N)n4)cc3)c3ccccc23)c1. The molecule has 0 spiro atoms. The molecule has 0 saturated carbocycles. The van der Waals surface area contributed by atoms with Gasteiger partial charge >= 0.3 is 0 Å². The summed E-state index contributed by atoms with van der Waals surface area (Å²) in [6.45, 7) is 4.17. The second kappa shape index (κ2) is 20.9. The molecule has 0 fully saturated rings. The van der Waals surface area contributed by atoms with Gasteiger partial charge in [-0.05, 0) is 133 Å². The maximum atomic E-state index is 6.08. The van der Waals surface area contributed by atoms with Crippen molar-refractivity contribution in [3.63, 3.8) is 0 Å². The zero-order valence-corrected chi connectivity index (χ0v) is 41.2. The Morgan fingerprint density at radius 3 is 1.24 bits per heavy atom. The lowest BCUT2D eigenvalue weighted by Gasteiger charge is -2.12. The van der Waals surface area contributed by atoms with Crippen LogP contribution in [0.2, 0.25) is 0 Å². The summed E-state index contributed by atoms with van der Waals surface area (Å²) < 4.78 is 12.2. The Hall–Kier alpha value is -9.78. The summed E-state index contributed by atoms with van der Waals surface area (Å²) in [4.78, 5) is 27.4. The van der Waals surface area contributed by atoms with Gasteiger partial charge in [0.05, 0.1) is 32.3 Å². The van der Waals surface area contributed by atoms with Crippen LogP contribution in [-0.2, 0) is 0 Å². The van der Waals surface area contributed by atoms with Gasteiger partial charge in [-0.25, -0.2) is 29.9 Å². The van der Waals surface area contributed by atoms with Crippen LogP contribution in [0.3, 0.4) is 0 Å². The number of aryl methyl sites for hydroxylation is 2. The second-order valence-corrected chi connectivity index (χ2v) is 18.5. The lowest BCUT2D eigenvalue weighted by molar-refractivity contribution is 0.464. The number of nitrogen functional groups attached to an aromatic ring is 2. The highest BCUT2D eigenvalue weighted by Gasteiger charge is 2.16. The van der Waals surface area contributed by atoms with Gasteiger partial charge in [-0.1, -0.05) is 48.5 Å². The van der Waals surface area contributed by atoms with Gasteiger partial charge in [0.1, 0.15) is 22.9 Å². The first kappa shape index (κ1) is 46.6. The van der Waals surface area contributed by atoms with Crippen molar-refractivity contribution in [1.82, 2.24) is 50.3 Å². The largest absolute Gasteiger partial charge is 0.438 e. The van der Waals surface area contributed by atoms with Gasteiger partial charge in [0.15, 0.2) is 11.6 Å². The standard InChI is InChI=1S/2C28H21N7OS/c2*1-17-15-24(37-16-17)25-20-5-2-3-6-21(20)26(35-34-25)32-18-8-10-19(11-9-18)36-27-22(7-4-13-30-27)23-12-14-31-28(29)33-23/h2*2-16H,1H3,(H,32,35)(H2,29,31,33). The number of hydrogen-bond acceptors (Lipinski definition) is 18. The third kappa shape index (κ3) is 10.3. The Morgan fingerprint density at radius 2 is 0.851 bits per heavy atom. The molecule has 8 heterocycles. The average molecular weight is 1010 g/mol. The molecule has 0 aliphatic heterocycles. The van der Waals surface area contributed by atoms with Crippen LogP contribution in [0, 0.1) is 13.8 Å². The quantitative estimate of drug-likeness (QED) is 0.0893. The summed E-state index contributed by atoms with van der Waals surface area (Å²) in [7, 11) is 0. The predicted octanol–water partition coefficient (Wildman–Crippen LogP) is 13.3. The van der Waals surface area contributed by atoms with Crippen molar-refractivity contribution in [2.45, 2.75) is 13.8 Å². The Morgan fingerprint density at radius 1 is 0.432 bits per heavy atom.